The Balaban J connectivity index is 3.81. The molecule has 1 amide bonds. The van der Waals surface area contributed by atoms with E-state index in [-0.39, 0.29) is 11.1 Å². The van der Waals surface area contributed by atoms with E-state index in [4.69, 9.17) is 23.2 Å². The molecule has 0 unspecified atom stereocenters. The molecule has 0 aliphatic rings. The standard InChI is InChI=1S/C9H2Cl2I3NO3/c10-8(17)2-4(12)3(9(11)18)6(14)7(5(2)13)15-1-16/h1H,(H,15,16). The number of rotatable bonds is 4. The van der Waals surface area contributed by atoms with Crippen LogP contribution in [0.4, 0.5) is 5.69 Å². The lowest BCUT2D eigenvalue weighted by Gasteiger charge is -2.14. The lowest BCUT2D eigenvalue weighted by molar-refractivity contribution is -0.105. The Morgan fingerprint density at radius 2 is 1.33 bits per heavy atom. The Hall–Kier alpha value is 0.800. The smallest absolute Gasteiger partial charge is 0.254 e. The van der Waals surface area contributed by atoms with Crippen molar-refractivity contribution in [3.05, 3.63) is 21.8 Å². The van der Waals surface area contributed by atoms with Gasteiger partial charge >= 0.3 is 0 Å². The highest BCUT2D eigenvalue weighted by atomic mass is 127. The van der Waals surface area contributed by atoms with E-state index in [9.17, 15) is 14.4 Å². The first-order valence-electron chi connectivity index (χ1n) is 4.13. The highest BCUT2D eigenvalue weighted by Gasteiger charge is 2.26. The number of hydrogen-bond donors (Lipinski definition) is 1. The molecule has 0 atom stereocenters. The van der Waals surface area contributed by atoms with E-state index in [1.165, 1.54) is 0 Å². The lowest BCUT2D eigenvalue weighted by atomic mass is 10.1. The molecule has 0 aliphatic carbocycles. The van der Waals surface area contributed by atoms with Gasteiger partial charge in [0.05, 0.1) is 24.0 Å². The topological polar surface area (TPSA) is 63.2 Å². The highest BCUT2D eigenvalue weighted by molar-refractivity contribution is 14.1. The van der Waals surface area contributed by atoms with Gasteiger partial charge in [-0.1, -0.05) is 0 Å². The third-order valence-corrected chi connectivity index (χ3v) is 5.53. The molecule has 96 valence electrons. The molecule has 0 bridgehead atoms. The van der Waals surface area contributed by atoms with E-state index in [0.717, 1.165) is 0 Å². The van der Waals surface area contributed by atoms with Crippen LogP contribution in [0.2, 0.25) is 0 Å². The van der Waals surface area contributed by atoms with Gasteiger partial charge < -0.3 is 5.32 Å². The van der Waals surface area contributed by atoms with E-state index < -0.39 is 10.5 Å². The minimum Gasteiger partial charge on any atom is -0.327 e. The molecule has 9 heteroatoms. The summed E-state index contributed by atoms with van der Waals surface area (Å²) in [6.07, 6.45) is 0.456. The van der Waals surface area contributed by atoms with Crippen LogP contribution in [0.25, 0.3) is 0 Å². The molecule has 0 aromatic heterocycles. The first-order chi connectivity index (χ1) is 8.32. The fourth-order valence-electron chi connectivity index (χ4n) is 1.19. The average molecular weight is 624 g/mol. The second kappa shape index (κ2) is 6.99. The maximum atomic E-state index is 11.4. The Labute approximate surface area is 153 Å². The third-order valence-electron chi connectivity index (χ3n) is 1.91. The molecule has 0 spiro atoms. The lowest BCUT2D eigenvalue weighted by Crippen LogP contribution is -2.12. The SMILES string of the molecule is O=CNc1c(I)c(C(=O)Cl)c(I)c(C(=O)Cl)c1I. The van der Waals surface area contributed by atoms with E-state index in [1.807, 2.05) is 67.8 Å². The van der Waals surface area contributed by atoms with Crippen LogP contribution in [0.15, 0.2) is 0 Å². The van der Waals surface area contributed by atoms with Crippen LogP contribution in [0.5, 0.6) is 0 Å². The van der Waals surface area contributed by atoms with Gasteiger partial charge in [0.15, 0.2) is 0 Å². The van der Waals surface area contributed by atoms with Crippen LogP contribution >= 0.6 is 91.0 Å². The summed E-state index contributed by atoms with van der Waals surface area (Å²) < 4.78 is 1.31. The molecule has 0 aliphatic heterocycles. The van der Waals surface area contributed by atoms with E-state index >= 15 is 0 Å². The Morgan fingerprint density at radius 1 is 0.944 bits per heavy atom. The minimum atomic E-state index is -0.715. The quantitative estimate of drug-likeness (QED) is 0.315. The molecule has 0 saturated carbocycles. The Morgan fingerprint density at radius 3 is 1.61 bits per heavy atom. The predicted molar refractivity (Wildman–Crippen MR) is 94.6 cm³/mol. The summed E-state index contributed by atoms with van der Waals surface area (Å²) >= 11 is 16.6. The number of amides is 1. The molecule has 1 N–H and O–H groups in total. The normalized spacial score (nSPS) is 10.1. The van der Waals surface area contributed by atoms with Crippen molar-refractivity contribution in [3.63, 3.8) is 0 Å². The first-order valence-corrected chi connectivity index (χ1v) is 8.12. The van der Waals surface area contributed by atoms with Crippen molar-refractivity contribution in [2.45, 2.75) is 0 Å². The largest absolute Gasteiger partial charge is 0.327 e. The third kappa shape index (κ3) is 3.27. The summed E-state index contributed by atoms with van der Waals surface area (Å²) in [6, 6.07) is 0. The zero-order valence-electron chi connectivity index (χ0n) is 8.19. The molecule has 1 aromatic rings. The number of anilines is 1. The van der Waals surface area contributed by atoms with Crippen LogP contribution in [-0.2, 0) is 4.79 Å². The van der Waals surface area contributed by atoms with Gasteiger partial charge in [-0.3, -0.25) is 14.4 Å². The molecule has 1 rings (SSSR count). The number of carbonyl (C=O) groups is 3. The zero-order chi connectivity index (χ0) is 14.0. The van der Waals surface area contributed by atoms with Crippen molar-refractivity contribution < 1.29 is 14.4 Å². The van der Waals surface area contributed by atoms with Gasteiger partial charge in [0, 0.05) is 3.57 Å². The van der Waals surface area contributed by atoms with E-state index in [1.54, 1.807) is 0 Å². The number of carbonyl (C=O) groups excluding carboxylic acids is 3. The van der Waals surface area contributed by atoms with Gasteiger partial charge in [0.2, 0.25) is 6.41 Å². The summed E-state index contributed by atoms with van der Waals surface area (Å²) in [6.45, 7) is 0. The van der Waals surface area contributed by atoms with Crippen LogP contribution in [0.3, 0.4) is 0 Å². The molecule has 0 fully saturated rings. The first kappa shape index (κ1) is 16.9. The highest BCUT2D eigenvalue weighted by Crippen LogP contribution is 2.36. The van der Waals surface area contributed by atoms with Crippen LogP contribution < -0.4 is 5.32 Å². The molecule has 4 nitrogen and oxygen atoms in total. The van der Waals surface area contributed by atoms with E-state index in [2.05, 4.69) is 5.32 Å². The molecule has 0 radical (unpaired) electrons. The number of hydrogen-bond acceptors (Lipinski definition) is 3. The van der Waals surface area contributed by atoms with Gasteiger partial charge in [-0.15, -0.1) is 0 Å². The average Bonchev–Trinajstić information content (AvgIpc) is 2.23. The minimum absolute atomic E-state index is 0.159. The summed E-state index contributed by atoms with van der Waals surface area (Å²) in [4.78, 5) is 33.4. The molecule has 1 aromatic carbocycles. The number of halogens is 5. The van der Waals surface area contributed by atoms with Crippen molar-refractivity contribution in [1.29, 1.82) is 0 Å². The van der Waals surface area contributed by atoms with Crippen molar-refractivity contribution >= 4 is 114 Å². The van der Waals surface area contributed by atoms with Gasteiger partial charge in [0.1, 0.15) is 0 Å². The van der Waals surface area contributed by atoms with Crippen LogP contribution in [0.1, 0.15) is 20.7 Å². The van der Waals surface area contributed by atoms with E-state index in [0.29, 0.717) is 22.8 Å². The molecular weight excluding hydrogens is 622 g/mol. The van der Waals surface area contributed by atoms with Gasteiger partial charge in [-0.05, 0) is 91.0 Å². The number of nitrogens with one attached hydrogen (secondary N) is 1. The summed E-state index contributed by atoms with van der Waals surface area (Å²) in [7, 11) is 0. The monoisotopic (exact) mass is 623 g/mol. The second-order valence-electron chi connectivity index (χ2n) is 2.88. The van der Waals surface area contributed by atoms with Crippen molar-refractivity contribution in [1.82, 2.24) is 0 Å². The fourth-order valence-corrected chi connectivity index (χ4v) is 6.67. The zero-order valence-corrected chi connectivity index (χ0v) is 16.2. The maximum Gasteiger partial charge on any atom is 0.254 e. The van der Waals surface area contributed by atoms with Crippen molar-refractivity contribution in [2.24, 2.45) is 0 Å². The molecule has 0 heterocycles. The Kier molecular flexibility index (Phi) is 6.55. The van der Waals surface area contributed by atoms with Crippen LogP contribution in [0, 0.1) is 10.7 Å². The van der Waals surface area contributed by atoms with Gasteiger partial charge in [-0.25, -0.2) is 0 Å². The van der Waals surface area contributed by atoms with Crippen molar-refractivity contribution in [3.8, 4) is 0 Å². The maximum absolute atomic E-state index is 11.4. The predicted octanol–water partition coefficient (Wildman–Crippen LogP) is 3.83. The molecular formula is C9H2Cl2I3NO3. The second-order valence-corrected chi connectivity index (χ2v) is 6.80. The summed E-state index contributed by atoms with van der Waals surface area (Å²) in [5.74, 6) is 0. The fraction of sp³-hybridized carbons (Fsp3) is 0. The summed E-state index contributed by atoms with van der Waals surface area (Å²) in [5.41, 5.74) is 0.665. The van der Waals surface area contributed by atoms with Gasteiger partial charge in [0.25, 0.3) is 10.5 Å². The van der Waals surface area contributed by atoms with Gasteiger partial charge in [-0.2, -0.15) is 0 Å². The molecule has 0 saturated heterocycles. The Bertz CT molecular complexity index is 521. The molecule has 18 heavy (non-hydrogen) atoms. The van der Waals surface area contributed by atoms with Crippen molar-refractivity contribution in [2.75, 3.05) is 5.32 Å². The summed E-state index contributed by atoms with van der Waals surface area (Å²) in [5, 5.41) is 1.01. The van der Waals surface area contributed by atoms with Crippen LogP contribution in [-0.4, -0.2) is 16.9 Å². The number of benzene rings is 1.